The van der Waals surface area contributed by atoms with Crippen molar-refractivity contribution < 1.29 is 4.42 Å². The fourth-order valence-corrected chi connectivity index (χ4v) is 11.6. The lowest BCUT2D eigenvalue weighted by Gasteiger charge is -2.26. The molecule has 0 bridgehead atoms. The molecule has 12 aromatic rings. The minimum absolute atomic E-state index is 0.0902. The molecular weight excluding hydrogens is 819 g/mol. The van der Waals surface area contributed by atoms with Crippen molar-refractivity contribution >= 4 is 70.5 Å². The summed E-state index contributed by atoms with van der Waals surface area (Å²) in [6, 6.07) is 82.1. The summed E-state index contributed by atoms with van der Waals surface area (Å²) in [5.74, 6) is 0. The number of rotatable bonds is 7. The molecule has 10 aromatic carbocycles. The van der Waals surface area contributed by atoms with Gasteiger partial charge in [-0.2, -0.15) is 0 Å². The first kappa shape index (κ1) is 38.5. The fraction of sp³-hybridized carbons (Fsp3) is 0.0476. The Kier molecular flexibility index (Phi) is 8.78. The van der Waals surface area contributed by atoms with Gasteiger partial charge >= 0.3 is 0 Å². The fourth-order valence-electron chi connectivity index (χ4n) is 10.5. The number of thiophene rings is 1. The smallest absolute Gasteiger partial charge is 0.143 e. The molecule has 0 N–H and O–H groups in total. The summed E-state index contributed by atoms with van der Waals surface area (Å²) in [5, 5.41) is 4.90. The number of anilines is 3. The van der Waals surface area contributed by atoms with E-state index in [9.17, 15) is 0 Å². The van der Waals surface area contributed by atoms with E-state index < -0.39 is 0 Å². The SMILES string of the molecule is CC1(C)c2ccc(-c3ccc(N(c4ccc(-c5ccc6sc7ccccc7c6c5)cc4)c4ccc(-c5cccc6c5oc5ccccc56)cc4)cc3)cc2-c2ccc(-c3ccccc3)cc21. The van der Waals surface area contributed by atoms with Crippen molar-refractivity contribution in [3.05, 3.63) is 236 Å². The van der Waals surface area contributed by atoms with Gasteiger partial charge in [0.15, 0.2) is 0 Å². The number of hydrogen-bond acceptors (Lipinski definition) is 3. The summed E-state index contributed by atoms with van der Waals surface area (Å²) >= 11 is 1.86. The van der Waals surface area contributed by atoms with Crippen LogP contribution in [0.5, 0.6) is 0 Å². The highest BCUT2D eigenvalue weighted by molar-refractivity contribution is 7.25. The molecule has 0 unspecified atom stereocenters. The highest BCUT2D eigenvalue weighted by Crippen LogP contribution is 2.51. The van der Waals surface area contributed by atoms with Crippen molar-refractivity contribution in [2.45, 2.75) is 19.3 Å². The summed E-state index contributed by atoms with van der Waals surface area (Å²) in [7, 11) is 0. The molecule has 0 atom stereocenters. The third kappa shape index (κ3) is 6.23. The molecule has 1 aliphatic carbocycles. The Morgan fingerprint density at radius 2 is 0.894 bits per heavy atom. The highest BCUT2D eigenvalue weighted by atomic mass is 32.1. The van der Waals surface area contributed by atoms with Crippen molar-refractivity contribution in [3.63, 3.8) is 0 Å². The summed E-state index contributed by atoms with van der Waals surface area (Å²) in [6.07, 6.45) is 0. The zero-order valence-electron chi connectivity index (χ0n) is 36.6. The van der Waals surface area contributed by atoms with E-state index in [1.54, 1.807) is 0 Å². The highest BCUT2D eigenvalue weighted by Gasteiger charge is 2.36. The van der Waals surface area contributed by atoms with E-state index in [4.69, 9.17) is 4.42 Å². The third-order valence-corrected chi connectivity index (χ3v) is 15.1. The van der Waals surface area contributed by atoms with E-state index in [1.807, 2.05) is 23.5 Å². The van der Waals surface area contributed by atoms with Gasteiger partial charge in [0.2, 0.25) is 0 Å². The number of nitrogens with zero attached hydrogens (tertiary/aromatic N) is 1. The molecule has 2 heterocycles. The van der Waals surface area contributed by atoms with Crippen LogP contribution in [0.4, 0.5) is 17.1 Å². The molecule has 13 rings (SSSR count). The van der Waals surface area contributed by atoms with Crippen LogP contribution in [0.15, 0.2) is 229 Å². The van der Waals surface area contributed by atoms with E-state index >= 15 is 0 Å². The lowest BCUT2D eigenvalue weighted by molar-refractivity contribution is 0.660. The standard InChI is InChI=1S/C63H43NOS/c1-63(2)57-35-26-44(37-55(57)51-34-25-46(39-58(51)63)40-11-4-3-5-12-40)41-19-28-47(29-20-41)64(48-30-21-42(22-31-48)45-27-36-61-56(38-45)53-14-7-9-18-60(53)66-61)49-32-23-43(24-33-49)50-15-10-16-54-52-13-6-8-17-59(52)65-62(50)54/h3-39H,1-2H3. The van der Waals surface area contributed by atoms with E-state index in [0.29, 0.717) is 0 Å². The average molecular weight is 862 g/mol. The predicted molar refractivity (Wildman–Crippen MR) is 281 cm³/mol. The summed E-state index contributed by atoms with van der Waals surface area (Å²) in [4.78, 5) is 2.36. The normalized spacial score (nSPS) is 12.8. The first-order chi connectivity index (χ1) is 32.4. The molecule has 3 heteroatoms. The van der Waals surface area contributed by atoms with Crippen LogP contribution >= 0.6 is 11.3 Å². The Morgan fingerprint density at radius 1 is 0.348 bits per heavy atom. The third-order valence-electron chi connectivity index (χ3n) is 13.9. The van der Waals surface area contributed by atoms with Gasteiger partial charge in [-0.3, -0.25) is 0 Å². The summed E-state index contributed by atoms with van der Waals surface area (Å²) in [6.45, 7) is 4.72. The van der Waals surface area contributed by atoms with Crippen LogP contribution in [-0.2, 0) is 5.41 Å². The van der Waals surface area contributed by atoms with Gasteiger partial charge in [0.25, 0.3) is 0 Å². The van der Waals surface area contributed by atoms with Crippen molar-refractivity contribution in [1.29, 1.82) is 0 Å². The van der Waals surface area contributed by atoms with Gasteiger partial charge in [0, 0.05) is 59.0 Å². The number of benzene rings is 10. The Bertz CT molecular complexity index is 3820. The number of para-hydroxylation sites is 2. The first-order valence-corrected chi connectivity index (χ1v) is 23.5. The van der Waals surface area contributed by atoms with Gasteiger partial charge in [0.05, 0.1) is 0 Å². The monoisotopic (exact) mass is 861 g/mol. The Morgan fingerprint density at radius 3 is 1.64 bits per heavy atom. The van der Waals surface area contributed by atoms with E-state index in [0.717, 1.165) is 50.1 Å². The van der Waals surface area contributed by atoms with Crippen LogP contribution in [0.25, 0.3) is 97.7 Å². The second-order valence-electron chi connectivity index (χ2n) is 18.1. The second kappa shape index (κ2) is 15.1. The topological polar surface area (TPSA) is 16.4 Å². The maximum absolute atomic E-state index is 6.45. The van der Waals surface area contributed by atoms with Gasteiger partial charge in [-0.15, -0.1) is 11.3 Å². The van der Waals surface area contributed by atoms with Crippen molar-refractivity contribution in [2.75, 3.05) is 4.90 Å². The maximum Gasteiger partial charge on any atom is 0.143 e. The summed E-state index contributed by atoms with van der Waals surface area (Å²) in [5.41, 5.74) is 19.9. The van der Waals surface area contributed by atoms with Gasteiger partial charge in [0.1, 0.15) is 11.2 Å². The van der Waals surface area contributed by atoms with Crippen molar-refractivity contribution in [1.82, 2.24) is 0 Å². The van der Waals surface area contributed by atoms with Crippen molar-refractivity contribution in [2.24, 2.45) is 0 Å². The van der Waals surface area contributed by atoms with E-state index in [2.05, 4.69) is 231 Å². The van der Waals surface area contributed by atoms with Gasteiger partial charge in [-0.25, -0.2) is 0 Å². The predicted octanol–water partition coefficient (Wildman–Crippen LogP) is 18.4. The molecule has 66 heavy (non-hydrogen) atoms. The molecule has 0 radical (unpaired) electrons. The Hall–Kier alpha value is -7.98. The van der Waals surface area contributed by atoms with E-state index in [-0.39, 0.29) is 5.41 Å². The van der Waals surface area contributed by atoms with Gasteiger partial charge in [-0.05, 0) is 134 Å². The van der Waals surface area contributed by atoms with Crippen LogP contribution in [0.1, 0.15) is 25.0 Å². The van der Waals surface area contributed by atoms with Gasteiger partial charge < -0.3 is 9.32 Å². The number of furan rings is 1. The molecule has 2 aromatic heterocycles. The second-order valence-corrected chi connectivity index (χ2v) is 19.2. The molecule has 0 spiro atoms. The molecule has 2 nitrogen and oxygen atoms in total. The minimum atomic E-state index is -0.0902. The maximum atomic E-state index is 6.45. The Labute approximate surface area is 388 Å². The molecule has 0 saturated carbocycles. The lowest BCUT2D eigenvalue weighted by Crippen LogP contribution is -2.15. The molecule has 0 fully saturated rings. The van der Waals surface area contributed by atoms with Crippen LogP contribution < -0.4 is 4.90 Å². The first-order valence-electron chi connectivity index (χ1n) is 22.7. The molecule has 0 amide bonds. The van der Waals surface area contributed by atoms with Gasteiger partial charge in [-0.1, -0.05) is 166 Å². The van der Waals surface area contributed by atoms with Crippen LogP contribution in [-0.4, -0.2) is 0 Å². The number of fused-ring (bicyclic) bond motifs is 9. The molecule has 312 valence electrons. The largest absolute Gasteiger partial charge is 0.455 e. The molecular formula is C63H43NOS. The zero-order chi connectivity index (χ0) is 43.9. The minimum Gasteiger partial charge on any atom is -0.455 e. The molecule has 1 aliphatic rings. The van der Waals surface area contributed by atoms with Crippen LogP contribution in [0.2, 0.25) is 0 Å². The average Bonchev–Trinajstić information content (AvgIpc) is 4.02. The quantitative estimate of drug-likeness (QED) is 0.159. The summed E-state index contributed by atoms with van der Waals surface area (Å²) < 4.78 is 9.09. The molecule has 0 saturated heterocycles. The van der Waals surface area contributed by atoms with E-state index in [1.165, 1.54) is 75.8 Å². The van der Waals surface area contributed by atoms with Crippen LogP contribution in [0.3, 0.4) is 0 Å². The molecule has 0 aliphatic heterocycles. The van der Waals surface area contributed by atoms with Crippen molar-refractivity contribution in [3.8, 4) is 55.6 Å². The number of hydrogen-bond donors (Lipinski definition) is 0. The zero-order valence-corrected chi connectivity index (χ0v) is 37.4. The van der Waals surface area contributed by atoms with Crippen LogP contribution in [0, 0.1) is 0 Å². The lowest BCUT2D eigenvalue weighted by atomic mass is 9.81. The Balaban J connectivity index is 0.869.